The fourth-order valence-electron chi connectivity index (χ4n) is 5.70. The molecule has 0 spiro atoms. The number of benzene rings is 2. The molecule has 0 radical (unpaired) electrons. The molecule has 0 saturated carbocycles. The molecular formula is C36H53N5O3S. The van der Waals surface area contributed by atoms with Gasteiger partial charge in [-0.25, -0.2) is 8.42 Å². The third-order valence-corrected chi connectivity index (χ3v) is 10.1. The van der Waals surface area contributed by atoms with E-state index < -0.39 is 10.0 Å². The number of unbranched alkanes of at least 4 members (excludes halogenated alkanes) is 6. The second kappa shape index (κ2) is 14.9. The molecule has 4 rings (SSSR count). The van der Waals surface area contributed by atoms with Crippen LogP contribution in [0.5, 0.6) is 0 Å². The van der Waals surface area contributed by atoms with Crippen molar-refractivity contribution in [3.63, 3.8) is 0 Å². The molecule has 4 aromatic rings. The van der Waals surface area contributed by atoms with E-state index in [2.05, 4.69) is 63.4 Å². The summed E-state index contributed by atoms with van der Waals surface area (Å²) in [6.45, 7) is 15.9. The first-order valence-corrected chi connectivity index (χ1v) is 18.1. The number of sulfonamides is 1. The van der Waals surface area contributed by atoms with Crippen LogP contribution in [-0.4, -0.2) is 40.5 Å². The lowest BCUT2D eigenvalue weighted by atomic mass is 9.77. The van der Waals surface area contributed by atoms with Crippen LogP contribution < -0.4 is 4.72 Å². The number of aromatic nitrogens is 4. The maximum absolute atomic E-state index is 13.6. The third-order valence-electron chi connectivity index (χ3n) is 8.72. The van der Waals surface area contributed by atoms with Gasteiger partial charge in [-0.1, -0.05) is 118 Å². The molecule has 0 aliphatic heterocycles. The van der Waals surface area contributed by atoms with Gasteiger partial charge in [0.1, 0.15) is 6.33 Å². The van der Waals surface area contributed by atoms with Crippen LogP contribution in [0.3, 0.4) is 0 Å². The summed E-state index contributed by atoms with van der Waals surface area (Å²) in [6.07, 6.45) is 12.3. The smallest absolute Gasteiger partial charge is 0.261 e. The van der Waals surface area contributed by atoms with Crippen molar-refractivity contribution in [2.75, 3.05) is 11.3 Å². The van der Waals surface area contributed by atoms with E-state index in [0.717, 1.165) is 49.2 Å². The molecule has 1 N–H and O–H groups in total. The van der Waals surface area contributed by atoms with Gasteiger partial charge in [0.2, 0.25) is 0 Å². The number of hydrogen-bond acceptors (Lipinski definition) is 5. The number of nitrogens with zero attached hydrogens (tertiary/aromatic N) is 4. The van der Waals surface area contributed by atoms with Gasteiger partial charge in [0.15, 0.2) is 5.65 Å². The Morgan fingerprint density at radius 2 is 1.53 bits per heavy atom. The first-order valence-electron chi connectivity index (χ1n) is 16.7. The van der Waals surface area contributed by atoms with Gasteiger partial charge < -0.3 is 4.74 Å². The zero-order valence-electron chi connectivity index (χ0n) is 28.3. The zero-order valence-corrected chi connectivity index (χ0v) is 29.2. The van der Waals surface area contributed by atoms with E-state index in [4.69, 9.17) is 4.74 Å². The average molecular weight is 636 g/mol. The minimum atomic E-state index is -3.86. The normalized spacial score (nSPS) is 13.4. The predicted molar refractivity (Wildman–Crippen MR) is 184 cm³/mol. The maximum Gasteiger partial charge on any atom is 0.261 e. The van der Waals surface area contributed by atoms with E-state index in [1.165, 1.54) is 32.1 Å². The molecule has 9 heteroatoms. The van der Waals surface area contributed by atoms with Gasteiger partial charge in [0.05, 0.1) is 28.1 Å². The van der Waals surface area contributed by atoms with Crippen LogP contribution in [0.25, 0.3) is 11.3 Å². The molecule has 45 heavy (non-hydrogen) atoms. The molecule has 2 aromatic heterocycles. The number of nitrogens with one attached hydrogen (secondary N) is 1. The Morgan fingerprint density at radius 3 is 2.22 bits per heavy atom. The van der Waals surface area contributed by atoms with Gasteiger partial charge in [-0.15, -0.1) is 9.73 Å². The van der Waals surface area contributed by atoms with Crippen LogP contribution in [0.4, 0.5) is 5.69 Å². The molecule has 8 nitrogen and oxygen atoms in total. The largest absolute Gasteiger partial charge is 0.377 e. The molecular weight excluding hydrogens is 582 g/mol. The first-order chi connectivity index (χ1) is 21.4. The highest BCUT2D eigenvalue weighted by Gasteiger charge is 2.32. The Balaban J connectivity index is 1.50. The molecule has 246 valence electrons. The highest BCUT2D eigenvalue weighted by molar-refractivity contribution is 7.92. The average Bonchev–Trinajstić information content (AvgIpc) is 3.60. The number of ether oxygens (including phenoxy) is 1. The Hall–Kier alpha value is -3.17. The van der Waals surface area contributed by atoms with E-state index in [9.17, 15) is 8.42 Å². The Kier molecular flexibility index (Phi) is 11.5. The van der Waals surface area contributed by atoms with Gasteiger partial charge >= 0.3 is 0 Å². The molecule has 0 fully saturated rings. The van der Waals surface area contributed by atoms with Gasteiger partial charge in [0, 0.05) is 23.5 Å². The molecule has 2 aromatic carbocycles. The van der Waals surface area contributed by atoms with Crippen LogP contribution >= 0.6 is 0 Å². The predicted octanol–water partition coefficient (Wildman–Crippen LogP) is 8.83. The first kappa shape index (κ1) is 34.7. The summed E-state index contributed by atoms with van der Waals surface area (Å²) in [6, 6.07) is 16.6. The Bertz CT molecular complexity index is 1610. The Morgan fingerprint density at radius 1 is 0.867 bits per heavy atom. The van der Waals surface area contributed by atoms with Crippen molar-refractivity contribution in [2.45, 2.75) is 128 Å². The fraction of sp³-hybridized carbons (Fsp3) is 0.556. The van der Waals surface area contributed by atoms with Crippen LogP contribution in [0.2, 0.25) is 0 Å². The molecule has 0 amide bonds. The highest BCUT2D eigenvalue weighted by atomic mass is 32.2. The van der Waals surface area contributed by atoms with E-state index in [0.29, 0.717) is 11.4 Å². The molecule has 1 atom stereocenters. The topological polar surface area (TPSA) is 90.5 Å². The summed E-state index contributed by atoms with van der Waals surface area (Å²) in [5, 5.41) is 9.02. The molecule has 0 aliphatic rings. The lowest BCUT2D eigenvalue weighted by Gasteiger charge is -2.35. The SMILES string of the molecule is CCCCCCCCOC(CCCC)C(C)(C)c1ccc(S(=O)(=O)Nc2ccccc2-n2cnn3nc(C(C)(C)C)cc23)cc1. The van der Waals surface area contributed by atoms with Crippen molar-refractivity contribution in [3.05, 3.63) is 72.2 Å². The van der Waals surface area contributed by atoms with E-state index in [1.807, 2.05) is 41.0 Å². The third kappa shape index (κ3) is 8.55. The van der Waals surface area contributed by atoms with Crippen LogP contribution in [0, 0.1) is 0 Å². The zero-order chi connectivity index (χ0) is 32.7. The van der Waals surface area contributed by atoms with Gasteiger partial charge in [-0.2, -0.15) is 5.10 Å². The number of para-hydroxylation sites is 2. The molecule has 0 bridgehead atoms. The van der Waals surface area contributed by atoms with E-state index >= 15 is 0 Å². The summed E-state index contributed by atoms with van der Waals surface area (Å²) in [4.78, 5) is 0.213. The van der Waals surface area contributed by atoms with Crippen molar-refractivity contribution in [1.29, 1.82) is 0 Å². The summed E-state index contributed by atoms with van der Waals surface area (Å²) in [5.41, 5.74) is 3.47. The number of hydrogen-bond donors (Lipinski definition) is 1. The minimum Gasteiger partial charge on any atom is -0.377 e. The van der Waals surface area contributed by atoms with Crippen LogP contribution in [0.15, 0.2) is 65.8 Å². The number of rotatable bonds is 17. The summed E-state index contributed by atoms with van der Waals surface area (Å²) < 4.78 is 40.1. The van der Waals surface area contributed by atoms with Gasteiger partial charge in [-0.3, -0.25) is 9.29 Å². The number of anilines is 1. The van der Waals surface area contributed by atoms with Crippen molar-refractivity contribution < 1.29 is 13.2 Å². The second-order valence-electron chi connectivity index (χ2n) is 13.8. The minimum absolute atomic E-state index is 0.0647. The Labute approximate surface area is 270 Å². The van der Waals surface area contributed by atoms with Crippen molar-refractivity contribution in [3.8, 4) is 5.69 Å². The summed E-state index contributed by atoms with van der Waals surface area (Å²) >= 11 is 0. The highest BCUT2D eigenvalue weighted by Crippen LogP contribution is 2.34. The standard InChI is InChI=1S/C36H53N5O3S/c1-8-10-12-13-14-17-25-44-33(20-11-9-2)36(6,7)28-21-23-29(24-22-28)45(42,43)39-30-18-15-16-19-31(30)40-27-37-41-34(40)26-32(38-41)35(3,4)5/h15-16,18-19,21-24,26-27,33,39H,8-14,17,20,25H2,1-7H3. The van der Waals surface area contributed by atoms with Crippen LogP contribution in [-0.2, 0) is 25.6 Å². The fourth-order valence-corrected chi connectivity index (χ4v) is 6.77. The van der Waals surface area contributed by atoms with E-state index in [1.54, 1.807) is 29.2 Å². The summed E-state index contributed by atoms with van der Waals surface area (Å²) in [7, 11) is -3.86. The van der Waals surface area contributed by atoms with Crippen molar-refractivity contribution in [1.82, 2.24) is 19.4 Å². The van der Waals surface area contributed by atoms with Crippen LogP contribution in [0.1, 0.15) is 118 Å². The quantitative estimate of drug-likeness (QED) is 0.117. The van der Waals surface area contributed by atoms with Crippen molar-refractivity contribution in [2.24, 2.45) is 0 Å². The summed E-state index contributed by atoms with van der Waals surface area (Å²) in [5.74, 6) is 0. The van der Waals surface area contributed by atoms with Gasteiger partial charge in [0.25, 0.3) is 10.0 Å². The molecule has 1 unspecified atom stereocenters. The molecule has 0 saturated heterocycles. The monoisotopic (exact) mass is 635 g/mol. The van der Waals surface area contributed by atoms with Gasteiger partial charge in [-0.05, 0) is 42.7 Å². The second-order valence-corrected chi connectivity index (χ2v) is 15.4. The lowest BCUT2D eigenvalue weighted by Crippen LogP contribution is -2.36. The molecule has 2 heterocycles. The van der Waals surface area contributed by atoms with Crippen molar-refractivity contribution >= 4 is 21.4 Å². The lowest BCUT2D eigenvalue weighted by molar-refractivity contribution is -0.00188. The van der Waals surface area contributed by atoms with E-state index in [-0.39, 0.29) is 21.8 Å². The molecule has 0 aliphatic carbocycles. The number of fused-ring (bicyclic) bond motifs is 1. The maximum atomic E-state index is 13.6.